The summed E-state index contributed by atoms with van der Waals surface area (Å²) in [4.78, 5) is 14.9. The van der Waals surface area contributed by atoms with Crippen LogP contribution in [0.25, 0.3) is 6.08 Å². The second-order valence-electron chi connectivity index (χ2n) is 8.02. The summed E-state index contributed by atoms with van der Waals surface area (Å²) in [5, 5.41) is 3.03. The van der Waals surface area contributed by atoms with E-state index in [1.807, 2.05) is 30.9 Å². The summed E-state index contributed by atoms with van der Waals surface area (Å²) in [7, 11) is 3.90. The maximum Gasteiger partial charge on any atom is 0.399 e. The summed E-state index contributed by atoms with van der Waals surface area (Å²) in [5.74, 6) is -0.598. The van der Waals surface area contributed by atoms with Gasteiger partial charge in [0.05, 0.1) is 12.5 Å². The molecule has 33 heavy (non-hydrogen) atoms. The molecule has 0 aliphatic carbocycles. The van der Waals surface area contributed by atoms with Crippen molar-refractivity contribution in [2.45, 2.75) is 39.4 Å². The van der Waals surface area contributed by atoms with Crippen molar-refractivity contribution in [2.75, 3.05) is 7.05 Å². The van der Waals surface area contributed by atoms with E-state index in [-0.39, 0.29) is 5.56 Å². The van der Waals surface area contributed by atoms with Gasteiger partial charge in [-0.2, -0.15) is 13.2 Å². The van der Waals surface area contributed by atoms with Crippen molar-refractivity contribution in [1.29, 1.82) is 0 Å². The number of benzene rings is 2. The molecule has 3 rings (SSSR count). The fourth-order valence-corrected chi connectivity index (χ4v) is 3.47. The Morgan fingerprint density at radius 3 is 2.24 bits per heavy atom. The van der Waals surface area contributed by atoms with E-state index >= 15 is 0 Å². The molecule has 0 amide bonds. The molecular formula is C26H30F3N3O. The second kappa shape index (κ2) is 11.6. The third kappa shape index (κ3) is 7.71. The van der Waals surface area contributed by atoms with E-state index in [1.54, 1.807) is 57.3 Å². The lowest BCUT2D eigenvalue weighted by molar-refractivity contribution is -0.139. The average molecular weight is 458 g/mol. The fourth-order valence-electron chi connectivity index (χ4n) is 3.47. The van der Waals surface area contributed by atoms with Crippen LogP contribution in [0.1, 0.15) is 49.9 Å². The topological polar surface area (TPSA) is 46.9 Å². The molecule has 1 heterocycles. The lowest BCUT2D eigenvalue weighted by Crippen LogP contribution is -2.19. The van der Waals surface area contributed by atoms with Crippen LogP contribution in [0.4, 0.5) is 13.2 Å². The lowest BCUT2D eigenvalue weighted by atomic mass is 9.93. The molecule has 1 N–H and O–H groups in total. The molecule has 176 valence electrons. The Morgan fingerprint density at radius 1 is 1.09 bits per heavy atom. The highest BCUT2D eigenvalue weighted by atomic mass is 19.4. The molecule has 4 nitrogen and oxygen atoms in total. The molecule has 0 aliphatic rings. The maximum absolute atomic E-state index is 13.5. The number of carbonyl (C=O) groups excluding carboxylic acids is 1. The largest absolute Gasteiger partial charge is 0.399 e. The Bertz CT molecular complexity index is 1080. The lowest BCUT2D eigenvalue weighted by Gasteiger charge is -2.18. The van der Waals surface area contributed by atoms with Gasteiger partial charge in [-0.15, -0.1) is 0 Å². The molecule has 1 atom stereocenters. The summed E-state index contributed by atoms with van der Waals surface area (Å²) in [6.45, 7) is 6.17. The van der Waals surface area contributed by atoms with Crippen molar-refractivity contribution in [1.82, 2.24) is 14.9 Å². The first-order valence-electron chi connectivity index (χ1n) is 10.5. The predicted molar refractivity (Wildman–Crippen MR) is 126 cm³/mol. The predicted octanol–water partition coefficient (Wildman–Crippen LogP) is 5.92. The number of rotatable bonds is 6. The number of hydrogen-bond acceptors (Lipinski definition) is 3. The molecule has 0 aliphatic heterocycles. The monoisotopic (exact) mass is 457 g/mol. The highest BCUT2D eigenvalue weighted by Crippen LogP contribution is 2.37. The molecule has 7 heteroatoms. The van der Waals surface area contributed by atoms with Gasteiger partial charge in [0.1, 0.15) is 12.1 Å². The molecule has 2 aromatic carbocycles. The minimum Gasteiger partial charge on any atom is -0.337 e. The zero-order chi connectivity index (χ0) is 24.6. The number of allylic oxidation sites excluding steroid dienone is 1. The molecule has 0 saturated carbocycles. The number of nitrogens with one attached hydrogen (secondary N) is 1. The molecule has 1 aromatic heterocycles. The van der Waals surface area contributed by atoms with Gasteiger partial charge in [0.25, 0.3) is 0 Å². The molecule has 0 fully saturated rings. The number of alkyl halides is 3. The third-order valence-electron chi connectivity index (χ3n) is 5.11. The standard InChI is InChI=1S/C20H19F3O.C6H11N3/c1-13-8-14(2)10-18(9-13)19(20(21,22)23)7-5-16-4-6-17(12-24)15(3)11-16;1-7-5-6-8-3-4-9(6)2/h4-12,19H,1-3H3;3-4,7H,5H2,1-2H3/b7-5+;. The highest BCUT2D eigenvalue weighted by Gasteiger charge is 2.39. The Morgan fingerprint density at radius 2 is 1.76 bits per heavy atom. The number of halogens is 3. The van der Waals surface area contributed by atoms with E-state index in [2.05, 4.69) is 10.3 Å². The quantitative estimate of drug-likeness (QED) is 0.467. The zero-order valence-electron chi connectivity index (χ0n) is 19.6. The minimum atomic E-state index is -4.37. The van der Waals surface area contributed by atoms with Gasteiger partial charge in [-0.25, -0.2) is 4.98 Å². The Hall–Kier alpha value is -3.19. The summed E-state index contributed by atoms with van der Waals surface area (Å²) >= 11 is 0. The van der Waals surface area contributed by atoms with Crippen molar-refractivity contribution in [3.05, 3.63) is 94.1 Å². The summed E-state index contributed by atoms with van der Waals surface area (Å²) < 4.78 is 42.4. The maximum atomic E-state index is 13.5. The van der Waals surface area contributed by atoms with E-state index in [9.17, 15) is 18.0 Å². The van der Waals surface area contributed by atoms with Crippen LogP contribution in [0.15, 0.2) is 54.9 Å². The van der Waals surface area contributed by atoms with Crippen LogP contribution in [0, 0.1) is 20.8 Å². The van der Waals surface area contributed by atoms with Crippen LogP contribution in [-0.4, -0.2) is 29.1 Å². The van der Waals surface area contributed by atoms with Gasteiger partial charge < -0.3 is 9.88 Å². The van der Waals surface area contributed by atoms with Crippen LogP contribution in [0.2, 0.25) is 0 Å². The minimum absolute atomic E-state index is 0.234. The van der Waals surface area contributed by atoms with Crippen molar-refractivity contribution >= 4 is 12.4 Å². The van der Waals surface area contributed by atoms with Crippen molar-refractivity contribution in [3.63, 3.8) is 0 Å². The van der Waals surface area contributed by atoms with Crippen molar-refractivity contribution < 1.29 is 18.0 Å². The number of aryl methyl sites for hydroxylation is 4. The normalized spacial score (nSPS) is 12.4. The third-order valence-corrected chi connectivity index (χ3v) is 5.11. The van der Waals surface area contributed by atoms with Gasteiger partial charge >= 0.3 is 6.18 Å². The average Bonchev–Trinajstić information content (AvgIpc) is 3.12. The molecule has 0 bridgehead atoms. The number of nitrogens with zero attached hydrogens (tertiary/aromatic N) is 2. The van der Waals surface area contributed by atoms with Gasteiger partial charge in [-0.1, -0.05) is 59.7 Å². The SMILES string of the molecule is CNCc1nccn1C.Cc1cc(C)cc(C(/C=C/c2ccc(C=O)c(C)c2)C(F)(F)F)c1. The number of aromatic nitrogens is 2. The van der Waals surface area contributed by atoms with E-state index in [4.69, 9.17) is 0 Å². The zero-order valence-corrected chi connectivity index (χ0v) is 19.6. The molecule has 0 spiro atoms. The van der Waals surface area contributed by atoms with Crippen molar-refractivity contribution in [3.8, 4) is 0 Å². The van der Waals surface area contributed by atoms with Crippen LogP contribution < -0.4 is 5.32 Å². The van der Waals surface area contributed by atoms with Gasteiger partial charge in [0.2, 0.25) is 0 Å². The Kier molecular flexibility index (Phi) is 9.17. The molecule has 0 radical (unpaired) electrons. The van der Waals surface area contributed by atoms with Crippen LogP contribution in [-0.2, 0) is 13.6 Å². The number of aldehydes is 1. The van der Waals surface area contributed by atoms with Crippen LogP contribution in [0.3, 0.4) is 0 Å². The van der Waals surface area contributed by atoms with E-state index in [0.717, 1.165) is 35.3 Å². The van der Waals surface area contributed by atoms with E-state index in [0.29, 0.717) is 11.1 Å². The van der Waals surface area contributed by atoms with E-state index < -0.39 is 12.1 Å². The summed E-state index contributed by atoms with van der Waals surface area (Å²) in [5.41, 5.74) is 3.75. The Balaban J connectivity index is 0.000000357. The van der Waals surface area contributed by atoms with Gasteiger partial charge in [0, 0.05) is 25.0 Å². The summed E-state index contributed by atoms with van der Waals surface area (Å²) in [6, 6.07) is 9.94. The smallest absolute Gasteiger partial charge is 0.337 e. The molecule has 3 aromatic rings. The number of imidazole rings is 1. The summed E-state index contributed by atoms with van der Waals surface area (Å²) in [6.07, 6.45) is 2.73. The molecule has 1 unspecified atom stereocenters. The number of hydrogen-bond donors (Lipinski definition) is 1. The first-order chi connectivity index (χ1) is 15.5. The van der Waals surface area contributed by atoms with E-state index in [1.165, 1.54) is 12.2 Å². The van der Waals surface area contributed by atoms with Crippen LogP contribution >= 0.6 is 0 Å². The van der Waals surface area contributed by atoms with Crippen molar-refractivity contribution in [2.24, 2.45) is 7.05 Å². The molecule has 0 saturated heterocycles. The number of carbonyl (C=O) groups is 1. The fraction of sp³-hybridized carbons (Fsp3) is 0.308. The van der Waals surface area contributed by atoms with Gasteiger partial charge in [-0.3, -0.25) is 4.79 Å². The first-order valence-corrected chi connectivity index (χ1v) is 10.5. The van der Waals surface area contributed by atoms with Crippen LogP contribution in [0.5, 0.6) is 0 Å². The highest BCUT2D eigenvalue weighted by molar-refractivity contribution is 5.78. The Labute approximate surface area is 193 Å². The first kappa shape index (κ1) is 26.1. The molecular weight excluding hydrogens is 427 g/mol. The second-order valence-corrected chi connectivity index (χ2v) is 8.02. The van der Waals surface area contributed by atoms with Gasteiger partial charge in [0.15, 0.2) is 0 Å². The van der Waals surface area contributed by atoms with Gasteiger partial charge in [-0.05, 0) is 44.5 Å².